The number of ether oxygens (including phenoxy) is 2. The molecule has 0 spiro atoms. The van der Waals surface area contributed by atoms with Crippen molar-refractivity contribution in [2.75, 3.05) is 54.1 Å². The van der Waals surface area contributed by atoms with E-state index in [4.69, 9.17) is 18.5 Å². The minimum absolute atomic E-state index is 0.0877. The fourth-order valence-corrected chi connectivity index (χ4v) is 5.20. The number of hydrogen-bond acceptors (Lipinski definition) is 6. The fourth-order valence-electron chi connectivity index (χ4n) is 4.46. The van der Waals surface area contributed by atoms with Gasteiger partial charge in [-0.15, -0.1) is 0 Å². The molecule has 0 radical (unpaired) electrons. The molecule has 2 atom stereocenters. The van der Waals surface area contributed by atoms with Crippen LogP contribution < -0.4 is 0 Å². The van der Waals surface area contributed by atoms with Gasteiger partial charge in [0.15, 0.2) is 0 Å². The van der Waals surface area contributed by atoms with E-state index in [1.807, 2.05) is 21.1 Å². The van der Waals surface area contributed by atoms with Crippen molar-refractivity contribution in [3.05, 3.63) is 24.3 Å². The maximum atomic E-state index is 12.3. The van der Waals surface area contributed by atoms with E-state index in [2.05, 4.69) is 38.2 Å². The van der Waals surface area contributed by atoms with Gasteiger partial charge in [-0.05, 0) is 44.9 Å². The molecule has 8 nitrogen and oxygen atoms in total. The lowest BCUT2D eigenvalue weighted by atomic mass is 10.1. The summed E-state index contributed by atoms with van der Waals surface area (Å²) < 4.78 is 34.5. The first kappa shape index (κ1) is 43.0. The van der Waals surface area contributed by atoms with Crippen molar-refractivity contribution in [3.63, 3.8) is 0 Å². The van der Waals surface area contributed by atoms with E-state index in [9.17, 15) is 14.3 Å². The highest BCUT2D eigenvalue weighted by Gasteiger charge is 2.26. The molecule has 0 aromatic rings. The van der Waals surface area contributed by atoms with Crippen LogP contribution in [-0.2, 0) is 27.9 Å². The van der Waals surface area contributed by atoms with Crippen molar-refractivity contribution in [3.8, 4) is 0 Å². The molecule has 44 heavy (non-hydrogen) atoms. The van der Waals surface area contributed by atoms with Gasteiger partial charge in [-0.2, -0.15) is 0 Å². The Morgan fingerprint density at radius 3 is 1.86 bits per heavy atom. The van der Waals surface area contributed by atoms with Crippen molar-refractivity contribution in [1.29, 1.82) is 0 Å². The first-order chi connectivity index (χ1) is 21.1. The highest BCUT2D eigenvalue weighted by Crippen LogP contribution is 2.43. The Hall–Kier alpha value is -1.02. The number of rotatable bonds is 32. The van der Waals surface area contributed by atoms with E-state index in [-0.39, 0.29) is 25.8 Å². The minimum atomic E-state index is -4.25. The third kappa shape index (κ3) is 32.4. The SMILES string of the molecule is CCCCC/C=C\C/C=C\CCCCCCCCCCOCC(COP(=O)(O)OCC[N+](C)(C)C)OC(=O)CCCCCC. The molecule has 0 bridgehead atoms. The van der Waals surface area contributed by atoms with Crippen LogP contribution in [0.4, 0.5) is 0 Å². The highest BCUT2D eigenvalue weighted by molar-refractivity contribution is 7.47. The van der Waals surface area contributed by atoms with Crippen LogP contribution in [-0.4, -0.2) is 75.6 Å². The molecule has 260 valence electrons. The Morgan fingerprint density at radius 2 is 1.25 bits per heavy atom. The molecule has 0 amide bonds. The molecule has 0 saturated heterocycles. The molecular weight excluding hydrogens is 577 g/mol. The first-order valence-corrected chi connectivity index (χ1v) is 19.1. The Bertz CT molecular complexity index is 767. The second kappa shape index (κ2) is 29.4. The van der Waals surface area contributed by atoms with Crippen LogP contribution >= 0.6 is 7.82 Å². The van der Waals surface area contributed by atoms with Crippen molar-refractivity contribution in [2.24, 2.45) is 0 Å². The van der Waals surface area contributed by atoms with E-state index >= 15 is 0 Å². The van der Waals surface area contributed by atoms with Gasteiger partial charge < -0.3 is 18.9 Å². The number of carbonyl (C=O) groups is 1. The number of unbranched alkanes of at least 4 members (excludes halogenated alkanes) is 14. The Labute approximate surface area is 271 Å². The molecule has 0 heterocycles. The molecule has 0 aromatic carbocycles. The van der Waals surface area contributed by atoms with Gasteiger partial charge in [-0.3, -0.25) is 13.8 Å². The molecule has 0 rings (SSSR count). The van der Waals surface area contributed by atoms with Gasteiger partial charge in [-0.25, -0.2) is 4.57 Å². The van der Waals surface area contributed by atoms with E-state index in [1.165, 1.54) is 70.6 Å². The van der Waals surface area contributed by atoms with Crippen molar-refractivity contribution in [2.45, 2.75) is 142 Å². The zero-order valence-corrected chi connectivity index (χ0v) is 30.0. The van der Waals surface area contributed by atoms with E-state index in [1.54, 1.807) is 0 Å². The smallest absolute Gasteiger partial charge is 0.457 e. The maximum absolute atomic E-state index is 12.3. The van der Waals surface area contributed by atoms with E-state index in [0.717, 1.165) is 44.9 Å². The standard InChI is InChI=1S/C35H68NO7P/c1-6-8-10-12-13-14-15-16-17-18-19-20-21-22-23-24-25-27-30-40-32-34(43-35(37)28-26-11-9-7-2)33-42-44(38,39)41-31-29-36(3,4)5/h13-14,16-17,34H,6-12,15,18-33H2,1-5H3/p+1/b14-13-,17-16-. The number of phosphoric ester groups is 1. The Balaban J connectivity index is 4.08. The summed E-state index contributed by atoms with van der Waals surface area (Å²) in [4.78, 5) is 22.4. The summed E-state index contributed by atoms with van der Waals surface area (Å²) in [5.41, 5.74) is 0. The number of quaternary nitrogens is 1. The predicted molar refractivity (Wildman–Crippen MR) is 183 cm³/mol. The zero-order valence-electron chi connectivity index (χ0n) is 29.1. The fraction of sp³-hybridized carbons (Fsp3) is 0.857. The second-order valence-electron chi connectivity index (χ2n) is 12.9. The van der Waals surface area contributed by atoms with Gasteiger partial charge in [0.1, 0.15) is 19.3 Å². The third-order valence-corrected chi connectivity index (χ3v) is 8.25. The van der Waals surface area contributed by atoms with Gasteiger partial charge in [0.05, 0.1) is 34.4 Å². The normalized spacial score (nSPS) is 14.4. The number of allylic oxidation sites excluding steroid dienone is 4. The van der Waals surface area contributed by atoms with Gasteiger partial charge in [0.25, 0.3) is 0 Å². The van der Waals surface area contributed by atoms with E-state index in [0.29, 0.717) is 24.1 Å². The van der Waals surface area contributed by atoms with Gasteiger partial charge in [0.2, 0.25) is 0 Å². The van der Waals surface area contributed by atoms with Crippen LogP contribution in [0.15, 0.2) is 24.3 Å². The van der Waals surface area contributed by atoms with Crippen LogP contribution in [0, 0.1) is 0 Å². The Morgan fingerprint density at radius 1 is 0.705 bits per heavy atom. The average Bonchev–Trinajstić information content (AvgIpc) is 2.96. The zero-order chi connectivity index (χ0) is 32.8. The molecule has 0 aliphatic rings. The lowest BCUT2D eigenvalue weighted by molar-refractivity contribution is -0.870. The monoisotopic (exact) mass is 646 g/mol. The minimum Gasteiger partial charge on any atom is -0.457 e. The van der Waals surface area contributed by atoms with Crippen molar-refractivity contribution >= 4 is 13.8 Å². The van der Waals surface area contributed by atoms with Crippen LogP contribution in [0.2, 0.25) is 0 Å². The lowest BCUT2D eigenvalue weighted by Gasteiger charge is -2.24. The Kier molecular flexibility index (Phi) is 28.7. The molecule has 0 aromatic heterocycles. The number of esters is 1. The quantitative estimate of drug-likeness (QED) is 0.0256. The molecular formula is C35H69NO7P+. The van der Waals surface area contributed by atoms with Gasteiger partial charge in [-0.1, -0.05) is 109 Å². The average molecular weight is 647 g/mol. The number of carbonyl (C=O) groups excluding carboxylic acids is 1. The largest absolute Gasteiger partial charge is 0.472 e. The number of likely N-dealkylation sites (N-methyl/N-ethyl adjacent to an activating group) is 1. The topological polar surface area (TPSA) is 91.3 Å². The predicted octanol–water partition coefficient (Wildman–Crippen LogP) is 9.32. The molecule has 2 unspecified atom stereocenters. The third-order valence-electron chi connectivity index (χ3n) is 7.27. The summed E-state index contributed by atoms with van der Waals surface area (Å²) >= 11 is 0. The molecule has 1 N–H and O–H groups in total. The van der Waals surface area contributed by atoms with Crippen molar-refractivity contribution < 1.29 is 37.3 Å². The van der Waals surface area contributed by atoms with Crippen LogP contribution in [0.5, 0.6) is 0 Å². The lowest BCUT2D eigenvalue weighted by Crippen LogP contribution is -2.37. The summed E-state index contributed by atoms with van der Waals surface area (Å²) in [5, 5.41) is 0. The number of nitrogens with zero attached hydrogens (tertiary/aromatic N) is 1. The van der Waals surface area contributed by atoms with Gasteiger partial charge >= 0.3 is 13.8 Å². The molecule has 0 saturated carbocycles. The number of hydrogen-bond donors (Lipinski definition) is 1. The highest BCUT2D eigenvalue weighted by atomic mass is 31.2. The summed E-state index contributed by atoms with van der Waals surface area (Å²) in [6.07, 6.45) is 29.7. The van der Waals surface area contributed by atoms with Gasteiger partial charge in [0, 0.05) is 13.0 Å². The molecule has 0 fully saturated rings. The summed E-state index contributed by atoms with van der Waals surface area (Å²) in [6, 6.07) is 0. The van der Waals surface area contributed by atoms with E-state index < -0.39 is 13.9 Å². The van der Waals surface area contributed by atoms with Crippen LogP contribution in [0.25, 0.3) is 0 Å². The maximum Gasteiger partial charge on any atom is 0.472 e. The molecule has 9 heteroatoms. The van der Waals surface area contributed by atoms with Crippen molar-refractivity contribution in [1.82, 2.24) is 0 Å². The second-order valence-corrected chi connectivity index (χ2v) is 14.4. The first-order valence-electron chi connectivity index (χ1n) is 17.6. The van der Waals surface area contributed by atoms with Crippen LogP contribution in [0.1, 0.15) is 136 Å². The molecule has 0 aliphatic heterocycles. The molecule has 0 aliphatic carbocycles. The summed E-state index contributed by atoms with van der Waals surface area (Å²) in [7, 11) is 1.66. The number of phosphoric acid groups is 1. The van der Waals surface area contributed by atoms with Crippen LogP contribution in [0.3, 0.4) is 0 Å². The summed E-state index contributed by atoms with van der Waals surface area (Å²) in [5.74, 6) is -0.335. The summed E-state index contributed by atoms with van der Waals surface area (Å²) in [6.45, 7) is 5.45.